The molecule has 0 heterocycles. The summed E-state index contributed by atoms with van der Waals surface area (Å²) in [6, 6.07) is 6.89. The molecule has 0 saturated heterocycles. The second-order valence-corrected chi connectivity index (χ2v) is 6.89. The highest BCUT2D eigenvalue weighted by atomic mass is 35.5. The van der Waals surface area contributed by atoms with Crippen LogP contribution in [0.25, 0.3) is 0 Å². The van der Waals surface area contributed by atoms with Crippen LogP contribution in [-0.2, 0) is 14.8 Å². The van der Waals surface area contributed by atoms with Crippen molar-refractivity contribution < 1.29 is 13.2 Å². The molecule has 1 rings (SSSR count). The van der Waals surface area contributed by atoms with Gasteiger partial charge in [0.2, 0.25) is 15.9 Å². The van der Waals surface area contributed by atoms with E-state index in [0.29, 0.717) is 5.02 Å². The summed E-state index contributed by atoms with van der Waals surface area (Å²) in [5, 5.41) is 3.35. The number of nitrogens with zero attached hydrogens (tertiary/aromatic N) is 1. The van der Waals surface area contributed by atoms with E-state index in [4.69, 9.17) is 11.6 Å². The van der Waals surface area contributed by atoms with Crippen LogP contribution in [-0.4, -0.2) is 38.5 Å². The number of halogens is 1. The number of benzene rings is 1. The lowest BCUT2D eigenvalue weighted by molar-refractivity contribution is -0.121. The molecule has 0 aliphatic carbocycles. The highest BCUT2D eigenvalue weighted by molar-refractivity contribution is 7.88. The molecule has 1 aromatic carbocycles. The molecule has 106 valence electrons. The Balaban J connectivity index is 2.60. The Hall–Kier alpha value is -1.11. The Bertz CT molecular complexity index is 543. The van der Waals surface area contributed by atoms with Gasteiger partial charge in [-0.15, -0.1) is 0 Å². The summed E-state index contributed by atoms with van der Waals surface area (Å²) in [5.41, 5.74) is 0.903. The van der Waals surface area contributed by atoms with E-state index in [2.05, 4.69) is 5.32 Å². The van der Waals surface area contributed by atoms with Gasteiger partial charge in [0.1, 0.15) is 0 Å². The lowest BCUT2D eigenvalue weighted by Gasteiger charge is -2.17. The molecule has 0 spiro atoms. The van der Waals surface area contributed by atoms with E-state index in [0.717, 1.165) is 16.1 Å². The predicted octanol–water partition coefficient (Wildman–Crippen LogP) is 1.41. The van der Waals surface area contributed by atoms with Crippen LogP contribution in [0.3, 0.4) is 0 Å². The number of hydrogen-bond acceptors (Lipinski definition) is 3. The van der Waals surface area contributed by atoms with Gasteiger partial charge in [0, 0.05) is 12.1 Å². The first-order valence-corrected chi connectivity index (χ1v) is 7.89. The van der Waals surface area contributed by atoms with Crippen molar-refractivity contribution in [3.8, 4) is 0 Å². The molecule has 7 heteroatoms. The zero-order chi connectivity index (χ0) is 14.6. The summed E-state index contributed by atoms with van der Waals surface area (Å²) in [4.78, 5) is 11.7. The summed E-state index contributed by atoms with van der Waals surface area (Å²) in [7, 11) is -1.99. The number of hydrogen-bond donors (Lipinski definition) is 1. The molecule has 0 saturated carbocycles. The van der Waals surface area contributed by atoms with Crippen molar-refractivity contribution in [2.75, 3.05) is 19.8 Å². The molecule has 0 aliphatic heterocycles. The van der Waals surface area contributed by atoms with Gasteiger partial charge in [-0.1, -0.05) is 23.7 Å². The summed E-state index contributed by atoms with van der Waals surface area (Å²) >= 11 is 5.78. The molecule has 0 fully saturated rings. The van der Waals surface area contributed by atoms with Crippen LogP contribution in [0, 0.1) is 0 Å². The van der Waals surface area contributed by atoms with Crippen molar-refractivity contribution in [2.45, 2.75) is 13.0 Å². The zero-order valence-electron chi connectivity index (χ0n) is 11.1. The second kappa shape index (κ2) is 6.36. The predicted molar refractivity (Wildman–Crippen MR) is 75.5 cm³/mol. The van der Waals surface area contributed by atoms with Crippen molar-refractivity contribution in [1.29, 1.82) is 0 Å². The first-order valence-electron chi connectivity index (χ1n) is 5.66. The maximum Gasteiger partial charge on any atom is 0.235 e. The monoisotopic (exact) mass is 304 g/mol. The maximum atomic E-state index is 11.7. The first-order chi connectivity index (χ1) is 8.70. The lowest BCUT2D eigenvalue weighted by Crippen LogP contribution is -2.38. The molecule has 1 N–H and O–H groups in total. The number of carbonyl (C=O) groups is 1. The number of likely N-dealkylation sites (N-methyl/N-ethyl adjacent to an activating group) is 1. The van der Waals surface area contributed by atoms with Crippen LogP contribution < -0.4 is 5.32 Å². The van der Waals surface area contributed by atoms with Crippen LogP contribution in [0.5, 0.6) is 0 Å². The van der Waals surface area contributed by atoms with Crippen LogP contribution in [0.15, 0.2) is 24.3 Å². The quantitative estimate of drug-likeness (QED) is 0.894. The van der Waals surface area contributed by atoms with Gasteiger partial charge in [-0.2, -0.15) is 4.31 Å². The molecule has 0 bridgehead atoms. The summed E-state index contributed by atoms with van der Waals surface area (Å²) in [5.74, 6) is -0.352. The molecule has 0 aromatic heterocycles. The Labute approximate surface area is 118 Å². The summed E-state index contributed by atoms with van der Waals surface area (Å²) in [6.45, 7) is 1.62. The van der Waals surface area contributed by atoms with E-state index in [-0.39, 0.29) is 18.5 Å². The van der Waals surface area contributed by atoms with Crippen molar-refractivity contribution in [3.63, 3.8) is 0 Å². The van der Waals surface area contributed by atoms with Crippen LogP contribution in [0.1, 0.15) is 18.5 Å². The van der Waals surface area contributed by atoms with Gasteiger partial charge < -0.3 is 5.32 Å². The van der Waals surface area contributed by atoms with Gasteiger partial charge in [0.05, 0.1) is 18.8 Å². The van der Waals surface area contributed by atoms with E-state index in [9.17, 15) is 13.2 Å². The van der Waals surface area contributed by atoms with Crippen molar-refractivity contribution in [3.05, 3.63) is 34.9 Å². The first kappa shape index (κ1) is 15.9. The fourth-order valence-corrected chi connectivity index (χ4v) is 1.92. The molecular formula is C12H17ClN2O3S. The lowest BCUT2D eigenvalue weighted by atomic mass is 10.1. The summed E-state index contributed by atoms with van der Waals surface area (Å²) < 4.78 is 23.4. The van der Waals surface area contributed by atoms with Gasteiger partial charge in [-0.25, -0.2) is 8.42 Å². The minimum absolute atomic E-state index is 0.198. The largest absolute Gasteiger partial charge is 0.348 e. The van der Waals surface area contributed by atoms with E-state index in [1.807, 2.05) is 19.1 Å². The second-order valence-electron chi connectivity index (χ2n) is 4.36. The van der Waals surface area contributed by atoms with E-state index >= 15 is 0 Å². The third-order valence-electron chi connectivity index (χ3n) is 2.68. The van der Waals surface area contributed by atoms with E-state index in [1.54, 1.807) is 12.1 Å². The molecular weight excluding hydrogens is 288 g/mol. The van der Waals surface area contributed by atoms with E-state index in [1.165, 1.54) is 7.05 Å². The van der Waals surface area contributed by atoms with Gasteiger partial charge in [-0.3, -0.25) is 4.79 Å². The van der Waals surface area contributed by atoms with Gasteiger partial charge in [0.25, 0.3) is 0 Å². The zero-order valence-corrected chi connectivity index (χ0v) is 12.6. The molecule has 19 heavy (non-hydrogen) atoms. The highest BCUT2D eigenvalue weighted by Crippen LogP contribution is 2.15. The van der Waals surface area contributed by atoms with E-state index < -0.39 is 10.0 Å². The average molecular weight is 305 g/mol. The Kier molecular flexibility index (Phi) is 5.34. The highest BCUT2D eigenvalue weighted by Gasteiger charge is 2.16. The summed E-state index contributed by atoms with van der Waals surface area (Å²) in [6.07, 6.45) is 1.06. The van der Waals surface area contributed by atoms with Crippen molar-refractivity contribution >= 4 is 27.5 Å². The SMILES string of the molecule is CC(NC(=O)CN(C)S(C)(=O)=O)c1ccc(Cl)cc1. The van der Waals surface area contributed by atoms with Gasteiger partial charge >= 0.3 is 0 Å². The van der Waals surface area contributed by atoms with Crippen molar-refractivity contribution in [2.24, 2.45) is 0 Å². The van der Waals surface area contributed by atoms with Gasteiger partial charge in [-0.05, 0) is 24.6 Å². The number of carbonyl (C=O) groups excluding carboxylic acids is 1. The number of rotatable bonds is 5. The molecule has 0 aliphatic rings. The third kappa shape index (κ3) is 5.18. The fourth-order valence-electron chi connectivity index (χ4n) is 1.44. The fraction of sp³-hybridized carbons (Fsp3) is 0.417. The normalized spacial score (nSPS) is 13.3. The minimum atomic E-state index is -3.35. The molecule has 5 nitrogen and oxygen atoms in total. The van der Waals surface area contributed by atoms with Crippen LogP contribution in [0.4, 0.5) is 0 Å². The molecule has 1 atom stereocenters. The van der Waals surface area contributed by atoms with Crippen molar-refractivity contribution in [1.82, 2.24) is 9.62 Å². The molecule has 1 unspecified atom stereocenters. The average Bonchev–Trinajstić information content (AvgIpc) is 2.28. The standard InChI is InChI=1S/C12H17ClN2O3S/c1-9(10-4-6-11(13)7-5-10)14-12(16)8-15(2)19(3,17)18/h4-7,9H,8H2,1-3H3,(H,14,16). The number of nitrogens with one attached hydrogen (secondary N) is 1. The Morgan fingerprint density at radius 2 is 1.89 bits per heavy atom. The maximum absolute atomic E-state index is 11.7. The molecule has 1 aromatic rings. The Morgan fingerprint density at radius 3 is 2.37 bits per heavy atom. The van der Waals surface area contributed by atoms with Crippen LogP contribution >= 0.6 is 11.6 Å². The number of sulfonamides is 1. The number of amides is 1. The minimum Gasteiger partial charge on any atom is -0.348 e. The smallest absolute Gasteiger partial charge is 0.235 e. The molecule has 0 radical (unpaired) electrons. The third-order valence-corrected chi connectivity index (χ3v) is 4.19. The molecule has 1 amide bonds. The topological polar surface area (TPSA) is 66.5 Å². The Morgan fingerprint density at radius 1 is 1.37 bits per heavy atom. The van der Waals surface area contributed by atoms with Gasteiger partial charge in [0.15, 0.2) is 0 Å². The van der Waals surface area contributed by atoms with Crippen LogP contribution in [0.2, 0.25) is 5.02 Å².